The van der Waals surface area contributed by atoms with Crippen molar-refractivity contribution < 1.29 is 13.2 Å². The third kappa shape index (κ3) is 3.31. The highest BCUT2D eigenvalue weighted by Gasteiger charge is 2.38. The summed E-state index contributed by atoms with van der Waals surface area (Å²) in [5.41, 5.74) is 1.55. The van der Waals surface area contributed by atoms with Gasteiger partial charge in [0, 0.05) is 42.5 Å². The van der Waals surface area contributed by atoms with Crippen molar-refractivity contribution in [3.63, 3.8) is 0 Å². The van der Waals surface area contributed by atoms with E-state index >= 15 is 0 Å². The summed E-state index contributed by atoms with van der Waals surface area (Å²) >= 11 is 1.55. The summed E-state index contributed by atoms with van der Waals surface area (Å²) in [6.07, 6.45) is 1.99. The zero-order chi connectivity index (χ0) is 19.0. The largest absolute Gasteiger partial charge is 0.348 e. The molecule has 1 amide bonds. The molecular weight excluding hydrogens is 382 g/mol. The molecule has 6 nitrogen and oxygen atoms in total. The molecule has 27 heavy (non-hydrogen) atoms. The predicted octanol–water partition coefficient (Wildman–Crippen LogP) is 3.30. The van der Waals surface area contributed by atoms with Crippen LogP contribution in [-0.2, 0) is 21.4 Å². The number of carbonyl (C=O) groups excluding carboxylic acids is 1. The number of thiophene rings is 1. The Bertz CT molecular complexity index is 1050. The minimum absolute atomic E-state index is 0.194. The Morgan fingerprint density at radius 2 is 1.89 bits per heavy atom. The van der Waals surface area contributed by atoms with Crippen LogP contribution in [0.1, 0.15) is 23.5 Å². The highest BCUT2D eigenvalue weighted by atomic mass is 32.2. The Hall–Kier alpha value is -2.42. The fraction of sp³-hybridized carbons (Fsp3) is 0.211. The maximum Gasteiger partial charge on any atom is 0.244 e. The van der Waals surface area contributed by atoms with Gasteiger partial charge in [-0.3, -0.25) is 4.79 Å². The number of anilines is 1. The van der Waals surface area contributed by atoms with Crippen LogP contribution in [0.15, 0.2) is 65.0 Å². The molecule has 8 heteroatoms. The normalized spacial score (nSPS) is 17.4. The van der Waals surface area contributed by atoms with Crippen LogP contribution < -0.4 is 5.32 Å². The van der Waals surface area contributed by atoms with Crippen LogP contribution in [0.5, 0.6) is 0 Å². The zero-order valence-electron chi connectivity index (χ0n) is 14.7. The Balaban J connectivity index is 1.73. The molecule has 1 aromatic carbocycles. The molecule has 4 rings (SSSR count). The van der Waals surface area contributed by atoms with E-state index in [9.17, 15) is 13.2 Å². The second-order valence-corrected chi connectivity index (χ2v) is 9.24. The third-order valence-corrected chi connectivity index (χ3v) is 7.39. The highest BCUT2D eigenvalue weighted by Crippen LogP contribution is 2.38. The smallest absolute Gasteiger partial charge is 0.244 e. The van der Waals surface area contributed by atoms with E-state index < -0.39 is 10.0 Å². The van der Waals surface area contributed by atoms with E-state index in [1.807, 2.05) is 35.8 Å². The number of nitrogens with one attached hydrogen (secondary N) is 1. The monoisotopic (exact) mass is 401 g/mol. The number of fused-ring (bicyclic) bond motifs is 1. The Labute approximate surface area is 162 Å². The number of hydrogen-bond acceptors (Lipinski definition) is 4. The topological polar surface area (TPSA) is 71.4 Å². The standard InChI is InChI=1S/C19H19N3O3S2/c1-14(23)20-15-6-8-16(9-7-15)27(24,25)22-12-11-21-10-2-4-17(21)19(22)18-5-3-13-26-18/h2-10,13,19H,11-12H2,1H3,(H,20,23). The van der Waals surface area contributed by atoms with Crippen LogP contribution in [0, 0.1) is 0 Å². The van der Waals surface area contributed by atoms with Crippen molar-refractivity contribution in [2.75, 3.05) is 11.9 Å². The fourth-order valence-electron chi connectivity index (χ4n) is 3.40. The Kier molecular flexibility index (Phi) is 4.63. The van der Waals surface area contributed by atoms with Crippen LogP contribution in [-0.4, -0.2) is 29.7 Å². The molecule has 0 radical (unpaired) electrons. The van der Waals surface area contributed by atoms with Gasteiger partial charge in [0.25, 0.3) is 0 Å². The lowest BCUT2D eigenvalue weighted by atomic mass is 10.1. The van der Waals surface area contributed by atoms with Crippen LogP contribution in [0.4, 0.5) is 5.69 Å². The lowest BCUT2D eigenvalue weighted by Gasteiger charge is -2.35. The third-order valence-electron chi connectivity index (χ3n) is 4.59. The van der Waals surface area contributed by atoms with Gasteiger partial charge in [0.15, 0.2) is 0 Å². The van der Waals surface area contributed by atoms with Crippen LogP contribution in [0.25, 0.3) is 0 Å². The summed E-state index contributed by atoms with van der Waals surface area (Å²) in [5, 5.41) is 4.62. The minimum Gasteiger partial charge on any atom is -0.348 e. The van der Waals surface area contributed by atoms with E-state index in [2.05, 4.69) is 9.88 Å². The number of benzene rings is 1. The first kappa shape index (κ1) is 18.0. The highest BCUT2D eigenvalue weighted by molar-refractivity contribution is 7.89. The molecule has 140 valence electrons. The van der Waals surface area contributed by atoms with Crippen LogP contribution >= 0.6 is 11.3 Å². The van der Waals surface area contributed by atoms with Gasteiger partial charge in [0.2, 0.25) is 15.9 Å². The van der Waals surface area contributed by atoms with E-state index in [0.29, 0.717) is 18.8 Å². The van der Waals surface area contributed by atoms with Crippen molar-refractivity contribution >= 4 is 33.0 Å². The molecule has 3 heterocycles. The van der Waals surface area contributed by atoms with Crippen LogP contribution in [0.2, 0.25) is 0 Å². The number of rotatable bonds is 4. The summed E-state index contributed by atoms with van der Waals surface area (Å²) in [6, 6.07) is 13.8. The first-order chi connectivity index (χ1) is 13.0. The second-order valence-electron chi connectivity index (χ2n) is 6.37. The lowest BCUT2D eigenvalue weighted by Crippen LogP contribution is -2.42. The minimum atomic E-state index is -3.69. The summed E-state index contributed by atoms with van der Waals surface area (Å²) < 4.78 is 30.5. The summed E-state index contributed by atoms with van der Waals surface area (Å²) in [5.74, 6) is -0.194. The summed E-state index contributed by atoms with van der Waals surface area (Å²) in [4.78, 5) is 12.4. The lowest BCUT2D eigenvalue weighted by molar-refractivity contribution is -0.114. The number of carbonyl (C=O) groups is 1. The zero-order valence-corrected chi connectivity index (χ0v) is 16.3. The molecule has 1 aliphatic rings. The number of amides is 1. The first-order valence-corrected chi connectivity index (χ1v) is 10.9. The number of aromatic nitrogens is 1. The summed E-state index contributed by atoms with van der Waals surface area (Å²) in [7, 11) is -3.69. The predicted molar refractivity (Wildman–Crippen MR) is 105 cm³/mol. The number of sulfonamides is 1. The molecule has 0 saturated carbocycles. The van der Waals surface area contributed by atoms with Gasteiger partial charge >= 0.3 is 0 Å². The molecule has 1 atom stereocenters. The Morgan fingerprint density at radius 1 is 1.11 bits per heavy atom. The molecule has 2 aromatic heterocycles. The van der Waals surface area contributed by atoms with Crippen molar-refractivity contribution in [1.29, 1.82) is 0 Å². The van der Waals surface area contributed by atoms with E-state index in [1.54, 1.807) is 39.9 Å². The van der Waals surface area contributed by atoms with Gasteiger partial charge in [0.1, 0.15) is 0 Å². The molecule has 1 aliphatic heterocycles. The van der Waals surface area contributed by atoms with Gasteiger partial charge in [0.05, 0.1) is 10.9 Å². The van der Waals surface area contributed by atoms with Crippen molar-refractivity contribution in [3.05, 3.63) is 70.7 Å². The molecule has 1 unspecified atom stereocenters. The van der Waals surface area contributed by atoms with Gasteiger partial charge in [-0.25, -0.2) is 8.42 Å². The molecular formula is C19H19N3O3S2. The average molecular weight is 402 g/mol. The quantitative estimate of drug-likeness (QED) is 0.729. The molecule has 3 aromatic rings. The SMILES string of the molecule is CC(=O)Nc1ccc(S(=O)(=O)N2CCn3cccc3C2c2cccs2)cc1. The van der Waals surface area contributed by atoms with Gasteiger partial charge < -0.3 is 9.88 Å². The molecule has 0 spiro atoms. The van der Waals surface area contributed by atoms with Crippen LogP contribution in [0.3, 0.4) is 0 Å². The first-order valence-electron chi connectivity index (χ1n) is 8.55. The molecule has 0 saturated heterocycles. The Morgan fingerprint density at radius 3 is 2.56 bits per heavy atom. The molecule has 1 N–H and O–H groups in total. The maximum atomic E-state index is 13.4. The van der Waals surface area contributed by atoms with Crippen molar-refractivity contribution in [1.82, 2.24) is 8.87 Å². The van der Waals surface area contributed by atoms with Gasteiger partial charge in [-0.1, -0.05) is 6.07 Å². The fourth-order valence-corrected chi connectivity index (χ4v) is 5.89. The molecule has 0 bridgehead atoms. The van der Waals surface area contributed by atoms with E-state index in [1.165, 1.54) is 6.92 Å². The molecule has 0 fully saturated rings. The van der Waals surface area contributed by atoms with E-state index in [-0.39, 0.29) is 16.8 Å². The average Bonchev–Trinajstić information content (AvgIpc) is 3.32. The van der Waals surface area contributed by atoms with Gasteiger partial charge in [-0.05, 0) is 47.8 Å². The number of hydrogen-bond donors (Lipinski definition) is 1. The summed E-state index contributed by atoms with van der Waals surface area (Å²) in [6.45, 7) is 2.44. The second kappa shape index (κ2) is 6.95. The maximum absolute atomic E-state index is 13.4. The molecule has 0 aliphatic carbocycles. The van der Waals surface area contributed by atoms with Crippen molar-refractivity contribution in [2.24, 2.45) is 0 Å². The number of nitrogens with zero attached hydrogens (tertiary/aromatic N) is 2. The van der Waals surface area contributed by atoms with Crippen molar-refractivity contribution in [2.45, 2.75) is 24.4 Å². The van der Waals surface area contributed by atoms with Gasteiger partial charge in [-0.15, -0.1) is 11.3 Å². The van der Waals surface area contributed by atoms with Crippen molar-refractivity contribution in [3.8, 4) is 0 Å². The van der Waals surface area contributed by atoms with E-state index in [0.717, 1.165) is 10.6 Å². The van der Waals surface area contributed by atoms with E-state index in [4.69, 9.17) is 0 Å². The van der Waals surface area contributed by atoms with Gasteiger partial charge in [-0.2, -0.15) is 4.31 Å².